The van der Waals surface area contributed by atoms with Crippen molar-refractivity contribution in [2.75, 3.05) is 7.05 Å². The predicted molar refractivity (Wildman–Crippen MR) is 61.3 cm³/mol. The van der Waals surface area contributed by atoms with Crippen LogP contribution in [0.1, 0.15) is 5.69 Å². The molecule has 3 nitrogen and oxygen atoms in total. The SMILES string of the molecule is CNCc1cc(-c2ccc(F)c(F)c2)nn1C. The van der Waals surface area contributed by atoms with E-state index in [9.17, 15) is 8.78 Å². The van der Waals surface area contributed by atoms with Crippen LogP contribution in [0.15, 0.2) is 24.3 Å². The summed E-state index contributed by atoms with van der Waals surface area (Å²) in [5.41, 5.74) is 2.19. The summed E-state index contributed by atoms with van der Waals surface area (Å²) in [6.07, 6.45) is 0. The minimum Gasteiger partial charge on any atom is -0.314 e. The zero-order valence-electron chi connectivity index (χ0n) is 9.67. The van der Waals surface area contributed by atoms with E-state index in [-0.39, 0.29) is 0 Å². The summed E-state index contributed by atoms with van der Waals surface area (Å²) in [6.45, 7) is 0.674. The molecular formula is C12H13F2N3. The van der Waals surface area contributed by atoms with Crippen LogP contribution < -0.4 is 5.32 Å². The third kappa shape index (κ3) is 2.34. The molecule has 0 amide bonds. The van der Waals surface area contributed by atoms with Gasteiger partial charge in [-0.25, -0.2) is 8.78 Å². The highest BCUT2D eigenvalue weighted by Gasteiger charge is 2.09. The van der Waals surface area contributed by atoms with Crippen molar-refractivity contribution in [1.29, 1.82) is 0 Å². The van der Waals surface area contributed by atoms with Gasteiger partial charge in [-0.3, -0.25) is 4.68 Å². The van der Waals surface area contributed by atoms with E-state index in [0.717, 1.165) is 17.8 Å². The monoisotopic (exact) mass is 237 g/mol. The molecule has 5 heteroatoms. The van der Waals surface area contributed by atoms with Crippen LogP contribution in [0.4, 0.5) is 8.78 Å². The van der Waals surface area contributed by atoms with E-state index in [2.05, 4.69) is 10.4 Å². The van der Waals surface area contributed by atoms with E-state index in [4.69, 9.17) is 0 Å². The molecule has 1 aromatic heterocycles. The Morgan fingerprint density at radius 3 is 2.65 bits per heavy atom. The second-order valence-electron chi connectivity index (χ2n) is 3.80. The van der Waals surface area contributed by atoms with Gasteiger partial charge in [-0.05, 0) is 31.3 Å². The van der Waals surface area contributed by atoms with Gasteiger partial charge in [0.25, 0.3) is 0 Å². The minimum absolute atomic E-state index is 0.571. The molecule has 0 aliphatic rings. The average molecular weight is 237 g/mol. The first-order valence-corrected chi connectivity index (χ1v) is 5.24. The summed E-state index contributed by atoms with van der Waals surface area (Å²) in [6, 6.07) is 5.63. The molecule has 1 aromatic carbocycles. The third-order valence-electron chi connectivity index (χ3n) is 2.55. The van der Waals surface area contributed by atoms with Gasteiger partial charge in [0.1, 0.15) is 0 Å². The first-order valence-electron chi connectivity index (χ1n) is 5.24. The molecule has 0 aliphatic heterocycles. The summed E-state index contributed by atoms with van der Waals surface area (Å²) >= 11 is 0. The summed E-state index contributed by atoms with van der Waals surface area (Å²) in [5, 5.41) is 7.27. The Kier molecular flexibility index (Phi) is 3.19. The number of benzene rings is 1. The zero-order chi connectivity index (χ0) is 12.4. The molecule has 0 bridgehead atoms. The Bertz CT molecular complexity index is 535. The lowest BCUT2D eigenvalue weighted by atomic mass is 10.1. The van der Waals surface area contributed by atoms with Gasteiger partial charge < -0.3 is 5.32 Å². The smallest absolute Gasteiger partial charge is 0.159 e. The van der Waals surface area contributed by atoms with Gasteiger partial charge in [0.15, 0.2) is 11.6 Å². The van der Waals surface area contributed by atoms with E-state index in [0.29, 0.717) is 17.8 Å². The van der Waals surface area contributed by atoms with Gasteiger partial charge in [-0.1, -0.05) is 0 Å². The lowest BCUT2D eigenvalue weighted by molar-refractivity contribution is 0.509. The van der Waals surface area contributed by atoms with E-state index in [1.807, 2.05) is 20.2 Å². The van der Waals surface area contributed by atoms with E-state index in [1.54, 1.807) is 4.68 Å². The molecule has 17 heavy (non-hydrogen) atoms. The first kappa shape index (κ1) is 11.7. The molecule has 0 saturated carbocycles. The van der Waals surface area contributed by atoms with Crippen LogP contribution in [-0.2, 0) is 13.6 Å². The normalized spacial score (nSPS) is 10.8. The maximum atomic E-state index is 13.1. The topological polar surface area (TPSA) is 29.9 Å². The molecule has 0 saturated heterocycles. The molecule has 1 N–H and O–H groups in total. The number of hydrogen-bond acceptors (Lipinski definition) is 2. The van der Waals surface area contributed by atoms with Crippen molar-refractivity contribution in [3.63, 3.8) is 0 Å². The lowest BCUT2D eigenvalue weighted by Crippen LogP contribution is -2.09. The van der Waals surface area contributed by atoms with Gasteiger partial charge >= 0.3 is 0 Å². The van der Waals surface area contributed by atoms with Crippen LogP contribution in [0.3, 0.4) is 0 Å². The van der Waals surface area contributed by atoms with E-state index in [1.165, 1.54) is 6.07 Å². The standard InChI is InChI=1S/C12H13F2N3/c1-15-7-9-6-12(16-17(9)2)8-3-4-10(13)11(14)5-8/h3-6,15H,7H2,1-2H3. The molecule has 2 aromatic rings. The fraction of sp³-hybridized carbons (Fsp3) is 0.250. The van der Waals surface area contributed by atoms with Crippen molar-refractivity contribution in [3.05, 3.63) is 41.6 Å². The average Bonchev–Trinajstić information content (AvgIpc) is 2.65. The van der Waals surface area contributed by atoms with Gasteiger partial charge in [0.05, 0.1) is 11.4 Å². The molecule has 0 atom stereocenters. The Morgan fingerprint density at radius 2 is 2.00 bits per heavy atom. The van der Waals surface area contributed by atoms with Crippen LogP contribution in [0.2, 0.25) is 0 Å². The molecule has 1 heterocycles. The summed E-state index contributed by atoms with van der Waals surface area (Å²) in [5.74, 6) is -1.71. The highest BCUT2D eigenvalue weighted by atomic mass is 19.2. The van der Waals surface area contributed by atoms with Crippen molar-refractivity contribution in [3.8, 4) is 11.3 Å². The summed E-state index contributed by atoms with van der Waals surface area (Å²) in [4.78, 5) is 0. The maximum absolute atomic E-state index is 13.1. The Balaban J connectivity index is 2.39. The van der Waals surface area contributed by atoms with E-state index < -0.39 is 11.6 Å². The molecule has 0 fully saturated rings. The van der Waals surface area contributed by atoms with Crippen molar-refractivity contribution in [1.82, 2.24) is 15.1 Å². The Morgan fingerprint density at radius 1 is 1.24 bits per heavy atom. The first-order chi connectivity index (χ1) is 8.11. The van der Waals surface area contributed by atoms with E-state index >= 15 is 0 Å². The van der Waals surface area contributed by atoms with Gasteiger partial charge in [-0.2, -0.15) is 5.10 Å². The second kappa shape index (κ2) is 4.63. The number of nitrogens with zero attached hydrogens (tertiary/aromatic N) is 2. The van der Waals surface area contributed by atoms with Crippen LogP contribution in [0.5, 0.6) is 0 Å². The van der Waals surface area contributed by atoms with Crippen LogP contribution >= 0.6 is 0 Å². The maximum Gasteiger partial charge on any atom is 0.159 e. The van der Waals surface area contributed by atoms with Crippen molar-refractivity contribution in [2.45, 2.75) is 6.54 Å². The number of nitrogens with one attached hydrogen (secondary N) is 1. The van der Waals surface area contributed by atoms with Crippen molar-refractivity contribution in [2.24, 2.45) is 7.05 Å². The fourth-order valence-corrected chi connectivity index (χ4v) is 1.65. The number of aromatic nitrogens is 2. The lowest BCUT2D eigenvalue weighted by Gasteiger charge is -1.97. The van der Waals surface area contributed by atoms with Gasteiger partial charge in [-0.15, -0.1) is 0 Å². The molecule has 0 spiro atoms. The number of aryl methyl sites for hydroxylation is 1. The van der Waals surface area contributed by atoms with Crippen LogP contribution in [0, 0.1) is 11.6 Å². The van der Waals surface area contributed by atoms with Crippen molar-refractivity contribution >= 4 is 0 Å². The molecule has 0 radical (unpaired) electrons. The van der Waals surface area contributed by atoms with Gasteiger partial charge in [0.2, 0.25) is 0 Å². The highest BCUT2D eigenvalue weighted by molar-refractivity contribution is 5.59. The van der Waals surface area contributed by atoms with Gasteiger partial charge in [0, 0.05) is 19.2 Å². The molecule has 0 aliphatic carbocycles. The number of halogens is 2. The Hall–Kier alpha value is -1.75. The van der Waals surface area contributed by atoms with Crippen molar-refractivity contribution < 1.29 is 8.78 Å². The fourth-order valence-electron chi connectivity index (χ4n) is 1.65. The predicted octanol–water partition coefficient (Wildman–Crippen LogP) is 2.08. The summed E-state index contributed by atoms with van der Waals surface area (Å²) < 4.78 is 27.6. The third-order valence-corrected chi connectivity index (χ3v) is 2.55. The molecule has 0 unspecified atom stereocenters. The van der Waals surface area contributed by atoms with Crippen LogP contribution in [-0.4, -0.2) is 16.8 Å². The molecular weight excluding hydrogens is 224 g/mol. The number of hydrogen-bond donors (Lipinski definition) is 1. The number of rotatable bonds is 3. The molecule has 90 valence electrons. The molecule has 2 rings (SSSR count). The quantitative estimate of drug-likeness (QED) is 0.885. The summed E-state index contributed by atoms with van der Waals surface area (Å²) in [7, 11) is 3.65. The second-order valence-corrected chi connectivity index (χ2v) is 3.80. The Labute approximate surface area is 98.1 Å². The zero-order valence-corrected chi connectivity index (χ0v) is 9.67. The minimum atomic E-state index is -0.858. The highest BCUT2D eigenvalue weighted by Crippen LogP contribution is 2.21. The van der Waals surface area contributed by atoms with Crippen LogP contribution in [0.25, 0.3) is 11.3 Å². The largest absolute Gasteiger partial charge is 0.314 e.